The average Bonchev–Trinajstić information content (AvgIpc) is 3.17. The van der Waals surface area contributed by atoms with Gasteiger partial charge in [-0.15, -0.1) is 0 Å². The van der Waals surface area contributed by atoms with Gasteiger partial charge >= 0.3 is 0 Å². The molecule has 1 fully saturated rings. The maximum Gasteiger partial charge on any atom is 0.163 e. The number of hydrogen-bond acceptors (Lipinski definition) is 3. The molecule has 0 amide bonds. The number of aromatic nitrogens is 2. The number of nitrogens with two attached hydrogens (primary N) is 1. The van der Waals surface area contributed by atoms with Crippen molar-refractivity contribution in [2.24, 2.45) is 0 Å². The van der Waals surface area contributed by atoms with Gasteiger partial charge in [0.15, 0.2) is 5.82 Å². The summed E-state index contributed by atoms with van der Waals surface area (Å²) in [5.41, 5.74) is 7.51. The minimum absolute atomic E-state index is 0.294. The van der Waals surface area contributed by atoms with Crippen molar-refractivity contribution in [1.29, 1.82) is 0 Å². The summed E-state index contributed by atoms with van der Waals surface area (Å²) in [5.74, 6) is 1.00. The van der Waals surface area contributed by atoms with Crippen molar-refractivity contribution in [1.82, 2.24) is 9.97 Å². The van der Waals surface area contributed by atoms with Crippen molar-refractivity contribution in [3.8, 4) is 11.4 Å². The van der Waals surface area contributed by atoms with Crippen molar-refractivity contribution >= 4 is 40.0 Å². The van der Waals surface area contributed by atoms with Gasteiger partial charge in [-0.3, -0.25) is 0 Å². The first-order chi connectivity index (χ1) is 9.06. The molecule has 0 spiro atoms. The van der Waals surface area contributed by atoms with Crippen molar-refractivity contribution in [2.75, 3.05) is 5.73 Å². The molecule has 1 aliphatic rings. The second kappa shape index (κ2) is 4.86. The number of benzene rings is 1. The Balaban J connectivity index is 2.14. The molecule has 1 heterocycles. The van der Waals surface area contributed by atoms with E-state index in [4.69, 9.17) is 17.3 Å². The lowest BCUT2D eigenvalue weighted by Crippen LogP contribution is -2.04. The highest BCUT2D eigenvalue weighted by molar-refractivity contribution is 14.1. The first-order valence-electron chi connectivity index (χ1n) is 5.84. The molecular formula is C13H10ClFIN3. The molecule has 3 nitrogen and oxygen atoms in total. The fourth-order valence-electron chi connectivity index (χ4n) is 1.90. The van der Waals surface area contributed by atoms with Gasteiger partial charge in [0.2, 0.25) is 0 Å². The third-order valence-corrected chi connectivity index (χ3v) is 4.46. The van der Waals surface area contributed by atoms with Crippen LogP contribution in [-0.4, -0.2) is 9.97 Å². The van der Waals surface area contributed by atoms with Crippen LogP contribution in [0.4, 0.5) is 10.2 Å². The van der Waals surface area contributed by atoms with Gasteiger partial charge in [-0.25, -0.2) is 14.4 Å². The summed E-state index contributed by atoms with van der Waals surface area (Å²) in [7, 11) is 0. The van der Waals surface area contributed by atoms with Crippen LogP contribution in [-0.2, 0) is 0 Å². The van der Waals surface area contributed by atoms with Crippen molar-refractivity contribution in [3.05, 3.63) is 38.3 Å². The topological polar surface area (TPSA) is 51.8 Å². The largest absolute Gasteiger partial charge is 0.383 e. The first-order valence-corrected chi connectivity index (χ1v) is 7.30. The van der Waals surface area contributed by atoms with E-state index in [-0.39, 0.29) is 5.82 Å². The van der Waals surface area contributed by atoms with Crippen molar-refractivity contribution < 1.29 is 4.39 Å². The van der Waals surface area contributed by atoms with E-state index in [1.807, 2.05) is 0 Å². The molecule has 0 saturated heterocycles. The van der Waals surface area contributed by atoms with Gasteiger partial charge in [0.25, 0.3) is 0 Å². The molecule has 1 saturated carbocycles. The summed E-state index contributed by atoms with van der Waals surface area (Å²) in [6.45, 7) is 0. The molecule has 98 valence electrons. The van der Waals surface area contributed by atoms with Crippen LogP contribution >= 0.6 is 34.2 Å². The van der Waals surface area contributed by atoms with Crippen LogP contribution in [0.15, 0.2) is 18.2 Å². The number of hydrogen-bond donors (Lipinski definition) is 1. The number of anilines is 1. The molecule has 19 heavy (non-hydrogen) atoms. The summed E-state index contributed by atoms with van der Waals surface area (Å²) in [4.78, 5) is 8.81. The quantitative estimate of drug-likeness (QED) is 0.790. The second-order valence-corrected chi connectivity index (χ2v) is 6.02. The Kier molecular flexibility index (Phi) is 3.34. The smallest absolute Gasteiger partial charge is 0.163 e. The third-order valence-electron chi connectivity index (χ3n) is 3.04. The van der Waals surface area contributed by atoms with Gasteiger partial charge in [0.1, 0.15) is 11.6 Å². The van der Waals surface area contributed by atoms with Crippen LogP contribution < -0.4 is 5.73 Å². The average molecular weight is 390 g/mol. The molecular weight excluding hydrogens is 380 g/mol. The second-order valence-electron chi connectivity index (χ2n) is 4.53. The minimum atomic E-state index is -0.380. The molecule has 1 aromatic carbocycles. The van der Waals surface area contributed by atoms with Gasteiger partial charge in [0, 0.05) is 11.5 Å². The lowest BCUT2D eigenvalue weighted by atomic mass is 10.2. The SMILES string of the molecule is Nc1nc(-c2ccc(F)cc2Cl)nc(C2CC2)c1I. The monoisotopic (exact) mass is 389 g/mol. The summed E-state index contributed by atoms with van der Waals surface area (Å²) in [5, 5.41) is 0.294. The van der Waals surface area contributed by atoms with E-state index >= 15 is 0 Å². The molecule has 0 aliphatic heterocycles. The highest BCUT2D eigenvalue weighted by Gasteiger charge is 2.29. The molecule has 3 rings (SSSR count). The fraction of sp³-hybridized carbons (Fsp3) is 0.231. The first kappa shape index (κ1) is 13.1. The maximum atomic E-state index is 13.1. The molecule has 1 aliphatic carbocycles. The lowest BCUT2D eigenvalue weighted by molar-refractivity contribution is 0.628. The number of nitrogen functional groups attached to an aromatic ring is 1. The van der Waals surface area contributed by atoms with Crippen LogP contribution in [0.3, 0.4) is 0 Å². The van der Waals surface area contributed by atoms with E-state index in [2.05, 4.69) is 32.6 Å². The Bertz CT molecular complexity index is 659. The highest BCUT2D eigenvalue weighted by atomic mass is 127. The zero-order valence-corrected chi connectivity index (χ0v) is 12.7. The zero-order chi connectivity index (χ0) is 13.6. The molecule has 0 unspecified atom stereocenters. The Morgan fingerprint density at radius 1 is 1.32 bits per heavy atom. The maximum absolute atomic E-state index is 13.1. The van der Waals surface area contributed by atoms with Crippen molar-refractivity contribution in [2.45, 2.75) is 18.8 Å². The summed E-state index contributed by atoms with van der Waals surface area (Å²) in [6, 6.07) is 4.18. The Labute approximate surface area is 128 Å². The lowest BCUT2D eigenvalue weighted by Gasteiger charge is -2.09. The van der Waals surface area contributed by atoms with Gasteiger partial charge in [-0.05, 0) is 53.6 Å². The Morgan fingerprint density at radius 3 is 2.68 bits per heavy atom. The minimum Gasteiger partial charge on any atom is -0.383 e. The molecule has 1 aromatic heterocycles. The summed E-state index contributed by atoms with van der Waals surface area (Å²) in [6.07, 6.45) is 2.26. The highest BCUT2D eigenvalue weighted by Crippen LogP contribution is 2.42. The third kappa shape index (κ3) is 2.53. The molecule has 6 heteroatoms. The fourth-order valence-corrected chi connectivity index (χ4v) is 2.83. The van der Waals surface area contributed by atoms with Gasteiger partial charge in [-0.1, -0.05) is 11.6 Å². The number of nitrogens with zero attached hydrogens (tertiary/aromatic N) is 2. The Hall–Kier alpha value is -0.950. The molecule has 2 N–H and O–H groups in total. The van der Waals surface area contributed by atoms with Crippen LogP contribution in [0, 0.1) is 9.39 Å². The molecule has 0 bridgehead atoms. The van der Waals surface area contributed by atoms with Gasteiger partial charge in [-0.2, -0.15) is 0 Å². The van der Waals surface area contributed by atoms with E-state index < -0.39 is 0 Å². The van der Waals surface area contributed by atoms with E-state index in [0.29, 0.717) is 28.1 Å². The van der Waals surface area contributed by atoms with Gasteiger partial charge < -0.3 is 5.73 Å². The van der Waals surface area contributed by atoms with E-state index in [1.54, 1.807) is 6.07 Å². The van der Waals surface area contributed by atoms with Crippen LogP contribution in [0.2, 0.25) is 5.02 Å². The normalized spacial score (nSPS) is 14.7. The summed E-state index contributed by atoms with van der Waals surface area (Å²) >= 11 is 8.21. The molecule has 2 aromatic rings. The standard InChI is InChI=1S/C13H10ClFIN3/c14-9-5-7(15)3-4-8(9)13-18-11(6-1-2-6)10(16)12(17)19-13/h3-6H,1-2H2,(H2,17,18,19). The number of rotatable bonds is 2. The van der Waals surface area contributed by atoms with E-state index in [0.717, 1.165) is 22.1 Å². The Morgan fingerprint density at radius 2 is 2.05 bits per heavy atom. The van der Waals surface area contributed by atoms with E-state index in [1.165, 1.54) is 12.1 Å². The van der Waals surface area contributed by atoms with E-state index in [9.17, 15) is 4.39 Å². The molecule has 0 radical (unpaired) electrons. The predicted octanol–water partition coefficient (Wildman–Crippen LogP) is 4.00. The predicted molar refractivity (Wildman–Crippen MR) is 81.5 cm³/mol. The number of halogens is 3. The van der Waals surface area contributed by atoms with Crippen LogP contribution in [0.25, 0.3) is 11.4 Å². The van der Waals surface area contributed by atoms with Gasteiger partial charge in [0.05, 0.1) is 14.3 Å². The van der Waals surface area contributed by atoms with Crippen LogP contribution in [0.5, 0.6) is 0 Å². The zero-order valence-electron chi connectivity index (χ0n) is 9.83. The van der Waals surface area contributed by atoms with Crippen LogP contribution in [0.1, 0.15) is 24.5 Å². The van der Waals surface area contributed by atoms with Crippen molar-refractivity contribution in [3.63, 3.8) is 0 Å². The summed E-state index contributed by atoms with van der Waals surface area (Å²) < 4.78 is 14.0. The molecule has 0 atom stereocenters.